The van der Waals surface area contributed by atoms with Gasteiger partial charge in [0.25, 0.3) is 5.88 Å². The zero-order valence-electron chi connectivity index (χ0n) is 5.57. The lowest BCUT2D eigenvalue weighted by Gasteiger charge is -1.97. The third-order valence-electron chi connectivity index (χ3n) is 0.879. The van der Waals surface area contributed by atoms with Crippen LogP contribution in [0.4, 0.5) is 0 Å². The Kier molecular flexibility index (Phi) is 2.04. The van der Waals surface area contributed by atoms with E-state index in [-0.39, 0.29) is 5.88 Å². The highest BCUT2D eigenvalue weighted by Crippen LogP contribution is 1.97. The third kappa shape index (κ3) is 1.58. The molecule has 1 aromatic heterocycles. The lowest BCUT2D eigenvalue weighted by Crippen LogP contribution is -2.30. The minimum atomic E-state index is 0.236. The first kappa shape index (κ1) is 6.80. The lowest BCUT2D eigenvalue weighted by atomic mass is 10.6. The number of rotatable bonds is 2. The van der Waals surface area contributed by atoms with Crippen molar-refractivity contribution >= 4 is 0 Å². The van der Waals surface area contributed by atoms with Crippen molar-refractivity contribution in [2.75, 3.05) is 6.61 Å². The summed E-state index contributed by atoms with van der Waals surface area (Å²) in [6, 6.07) is 4.12. The van der Waals surface area contributed by atoms with Crippen molar-refractivity contribution in [3.05, 3.63) is 23.5 Å². The minimum Gasteiger partial charge on any atom is -0.594 e. The Balaban J connectivity index is 2.75. The van der Waals surface area contributed by atoms with E-state index in [0.717, 1.165) is 0 Å². The van der Waals surface area contributed by atoms with Crippen molar-refractivity contribution in [1.29, 1.82) is 0 Å². The molecule has 53 valence electrons. The molecule has 0 N–H and O–H groups in total. The van der Waals surface area contributed by atoms with E-state index in [1.54, 1.807) is 0 Å². The zero-order valence-corrected chi connectivity index (χ0v) is 5.57. The number of ether oxygens (including phenoxy) is 1. The molecule has 0 amide bonds. The van der Waals surface area contributed by atoms with E-state index in [9.17, 15) is 5.21 Å². The van der Waals surface area contributed by atoms with Crippen LogP contribution in [0.2, 0.25) is 0 Å². The molecule has 0 saturated heterocycles. The van der Waals surface area contributed by atoms with Crippen LogP contribution in [0.25, 0.3) is 0 Å². The lowest BCUT2D eigenvalue weighted by molar-refractivity contribution is -0.669. The number of hydrogen-bond acceptors (Lipinski definition) is 3. The van der Waals surface area contributed by atoms with E-state index in [1.165, 1.54) is 12.3 Å². The van der Waals surface area contributed by atoms with E-state index in [4.69, 9.17) is 4.74 Å². The van der Waals surface area contributed by atoms with Gasteiger partial charge in [-0.1, -0.05) is 4.85 Å². The maximum atomic E-state index is 10.5. The molecule has 0 atom stereocenters. The fraction of sp³-hybridized carbons (Fsp3) is 0.333. The van der Waals surface area contributed by atoms with Gasteiger partial charge in [-0.15, -0.1) is 0 Å². The van der Waals surface area contributed by atoms with Gasteiger partial charge in [-0.05, 0) is 6.92 Å². The van der Waals surface area contributed by atoms with Gasteiger partial charge in [-0.25, -0.2) is 0 Å². The Hall–Kier alpha value is -1.32. The molecule has 0 fully saturated rings. The molecule has 0 aliphatic heterocycles. The number of nitrogens with zero attached hydrogens (tertiary/aromatic N) is 2. The first-order valence-electron chi connectivity index (χ1n) is 2.94. The highest BCUT2D eigenvalue weighted by Gasteiger charge is 1.96. The summed E-state index contributed by atoms with van der Waals surface area (Å²) in [5.41, 5.74) is 0. The molecule has 0 saturated carbocycles. The molecule has 4 nitrogen and oxygen atoms in total. The molecule has 1 radical (unpaired) electrons. The topological polar surface area (TPSA) is 49.1 Å². The van der Waals surface area contributed by atoms with Gasteiger partial charge in [-0.2, -0.15) is 0 Å². The summed E-state index contributed by atoms with van der Waals surface area (Å²) in [7, 11) is 0. The van der Waals surface area contributed by atoms with Gasteiger partial charge < -0.3 is 9.94 Å². The summed E-state index contributed by atoms with van der Waals surface area (Å²) in [4.78, 5) is 0.432. The van der Waals surface area contributed by atoms with Gasteiger partial charge in [0.15, 0.2) is 0 Å². The van der Waals surface area contributed by atoms with Crippen molar-refractivity contribution in [3.8, 4) is 5.88 Å². The van der Waals surface area contributed by atoms with Gasteiger partial charge in [0.1, 0.15) is 0 Å². The standard InChI is InChI=1S/C6H7N2O2/c1-2-10-6-4-3-5-8(9)7-6/h3,5H,2H2,1H3. The van der Waals surface area contributed by atoms with E-state index in [0.29, 0.717) is 11.5 Å². The molecule has 4 heteroatoms. The Bertz CT molecular complexity index is 215. The summed E-state index contributed by atoms with van der Waals surface area (Å²) in [6.45, 7) is 2.31. The summed E-state index contributed by atoms with van der Waals surface area (Å²) in [6.07, 6.45) is 1.25. The molecule has 0 aliphatic carbocycles. The van der Waals surface area contributed by atoms with Crippen LogP contribution < -0.4 is 9.58 Å². The average Bonchev–Trinajstić information content (AvgIpc) is 1.88. The molecule has 0 bridgehead atoms. The first-order valence-corrected chi connectivity index (χ1v) is 2.94. The van der Waals surface area contributed by atoms with Gasteiger partial charge in [-0.3, -0.25) is 0 Å². The van der Waals surface area contributed by atoms with Crippen LogP contribution in [0.3, 0.4) is 0 Å². The van der Waals surface area contributed by atoms with E-state index in [2.05, 4.69) is 11.2 Å². The monoisotopic (exact) mass is 139 g/mol. The van der Waals surface area contributed by atoms with Crippen molar-refractivity contribution < 1.29 is 9.58 Å². The van der Waals surface area contributed by atoms with Gasteiger partial charge in [0.2, 0.25) is 6.20 Å². The quantitative estimate of drug-likeness (QED) is 0.425. The molecule has 1 rings (SSSR count). The molecule has 10 heavy (non-hydrogen) atoms. The molecular formula is C6H7N2O2. The average molecular weight is 139 g/mol. The summed E-state index contributed by atoms with van der Waals surface area (Å²) in [5.74, 6) is 0.236. The van der Waals surface area contributed by atoms with Crippen molar-refractivity contribution in [3.63, 3.8) is 0 Å². The van der Waals surface area contributed by atoms with Crippen LogP contribution in [0.5, 0.6) is 5.88 Å². The van der Waals surface area contributed by atoms with Gasteiger partial charge >= 0.3 is 0 Å². The largest absolute Gasteiger partial charge is 0.594 e. The van der Waals surface area contributed by atoms with Crippen molar-refractivity contribution in [2.45, 2.75) is 6.92 Å². The van der Waals surface area contributed by atoms with E-state index in [1.807, 2.05) is 6.92 Å². The molecule has 0 spiro atoms. The minimum absolute atomic E-state index is 0.236. The van der Waals surface area contributed by atoms with Crippen LogP contribution in [-0.4, -0.2) is 11.7 Å². The fourth-order valence-electron chi connectivity index (χ4n) is 0.531. The van der Waals surface area contributed by atoms with E-state index < -0.39 is 0 Å². The van der Waals surface area contributed by atoms with Crippen LogP contribution >= 0.6 is 0 Å². The summed E-state index contributed by atoms with van der Waals surface area (Å²) in [5, 5.41) is 13.9. The van der Waals surface area contributed by atoms with Crippen LogP contribution in [-0.2, 0) is 0 Å². The second kappa shape index (κ2) is 3.00. The first-order chi connectivity index (χ1) is 4.83. The molecule has 1 heterocycles. The Morgan fingerprint density at radius 1 is 1.90 bits per heavy atom. The SMILES string of the molecule is CCOc1[c]cc[n+]([O-])n1. The maximum absolute atomic E-state index is 10.5. The second-order valence-corrected chi connectivity index (χ2v) is 1.60. The Morgan fingerprint density at radius 2 is 2.70 bits per heavy atom. The fourth-order valence-corrected chi connectivity index (χ4v) is 0.531. The number of aromatic nitrogens is 2. The van der Waals surface area contributed by atoms with Crippen LogP contribution in [0.1, 0.15) is 6.92 Å². The third-order valence-corrected chi connectivity index (χ3v) is 0.879. The maximum Gasteiger partial charge on any atom is 0.288 e. The zero-order chi connectivity index (χ0) is 7.40. The summed E-state index contributed by atoms with van der Waals surface area (Å²) >= 11 is 0. The van der Waals surface area contributed by atoms with Gasteiger partial charge in [0.05, 0.1) is 17.8 Å². The Morgan fingerprint density at radius 3 is 3.30 bits per heavy atom. The smallest absolute Gasteiger partial charge is 0.288 e. The molecule has 0 aromatic carbocycles. The van der Waals surface area contributed by atoms with Crippen molar-refractivity contribution in [1.82, 2.24) is 5.10 Å². The predicted molar refractivity (Wildman–Crippen MR) is 33.2 cm³/mol. The Labute approximate surface area is 58.6 Å². The number of hydrogen-bond donors (Lipinski definition) is 0. The van der Waals surface area contributed by atoms with E-state index >= 15 is 0 Å². The molecule has 0 aliphatic rings. The van der Waals surface area contributed by atoms with Crippen molar-refractivity contribution in [2.24, 2.45) is 0 Å². The highest BCUT2D eigenvalue weighted by atomic mass is 16.5. The normalized spacial score (nSPS) is 9.30. The van der Waals surface area contributed by atoms with Crippen LogP contribution in [0, 0.1) is 11.3 Å². The highest BCUT2D eigenvalue weighted by molar-refractivity contribution is 5.00. The predicted octanol–water partition coefficient (Wildman–Crippen LogP) is -0.0861. The second-order valence-electron chi connectivity index (χ2n) is 1.60. The molecule has 0 unspecified atom stereocenters. The van der Waals surface area contributed by atoms with Gasteiger partial charge in [0, 0.05) is 6.07 Å². The molecule has 1 aromatic rings. The summed E-state index contributed by atoms with van der Waals surface area (Å²) < 4.78 is 4.90. The molecular weight excluding hydrogens is 132 g/mol. The van der Waals surface area contributed by atoms with Crippen LogP contribution in [0.15, 0.2) is 12.3 Å².